The summed E-state index contributed by atoms with van der Waals surface area (Å²) in [6.45, 7) is 2.23. The summed E-state index contributed by atoms with van der Waals surface area (Å²) in [4.78, 5) is 14.3. The summed E-state index contributed by atoms with van der Waals surface area (Å²) in [7, 11) is -2.05. The van der Waals surface area contributed by atoms with Crippen molar-refractivity contribution in [3.8, 4) is 0 Å². The second kappa shape index (κ2) is 8.68. The molecule has 3 aromatic carbocycles. The number of benzene rings is 3. The predicted octanol–water partition coefficient (Wildman–Crippen LogP) is 4.72. The number of halogens is 1. The van der Waals surface area contributed by atoms with E-state index in [1.54, 1.807) is 36.2 Å². The third-order valence-corrected chi connectivity index (χ3v) is 6.07. The number of aryl methyl sites for hydroxylation is 1. The van der Waals surface area contributed by atoms with Crippen LogP contribution in [-0.2, 0) is 16.6 Å². The molecule has 0 aliphatic heterocycles. The second-order valence-electron chi connectivity index (χ2n) is 6.74. The van der Waals surface area contributed by atoms with E-state index in [1.165, 1.54) is 24.3 Å². The predicted molar refractivity (Wildman–Crippen MR) is 116 cm³/mol. The van der Waals surface area contributed by atoms with Gasteiger partial charge in [-0.3, -0.25) is 9.52 Å². The molecule has 0 saturated heterocycles. The Balaban J connectivity index is 1.73. The molecule has 0 atom stereocenters. The van der Waals surface area contributed by atoms with Gasteiger partial charge >= 0.3 is 0 Å². The van der Waals surface area contributed by atoms with Crippen LogP contribution in [0.1, 0.15) is 21.5 Å². The summed E-state index contributed by atoms with van der Waals surface area (Å²) in [6.07, 6.45) is 0. The maximum absolute atomic E-state index is 12.7. The van der Waals surface area contributed by atoms with E-state index in [0.717, 1.165) is 11.1 Å². The summed E-state index contributed by atoms with van der Waals surface area (Å²) in [5, 5.41) is 0.610. The highest BCUT2D eigenvalue weighted by atomic mass is 35.5. The minimum absolute atomic E-state index is 0.0924. The number of nitrogens with one attached hydrogen (secondary N) is 1. The van der Waals surface area contributed by atoms with Crippen LogP contribution in [0.4, 0.5) is 5.69 Å². The average molecular weight is 429 g/mol. The lowest BCUT2D eigenvalue weighted by atomic mass is 10.1. The van der Waals surface area contributed by atoms with E-state index in [1.807, 2.05) is 31.2 Å². The molecule has 0 spiro atoms. The number of rotatable bonds is 6. The molecule has 29 heavy (non-hydrogen) atoms. The molecule has 0 radical (unpaired) electrons. The van der Waals surface area contributed by atoms with E-state index in [4.69, 9.17) is 11.6 Å². The molecule has 0 aromatic heterocycles. The van der Waals surface area contributed by atoms with Crippen molar-refractivity contribution in [3.05, 3.63) is 94.5 Å². The zero-order valence-corrected chi connectivity index (χ0v) is 17.7. The van der Waals surface area contributed by atoms with Gasteiger partial charge in [0.2, 0.25) is 0 Å². The molecule has 3 aromatic rings. The first-order chi connectivity index (χ1) is 13.8. The van der Waals surface area contributed by atoms with Gasteiger partial charge in [0.15, 0.2) is 0 Å². The van der Waals surface area contributed by atoms with Gasteiger partial charge in [-0.25, -0.2) is 8.42 Å². The number of amides is 1. The van der Waals surface area contributed by atoms with Crippen molar-refractivity contribution in [2.45, 2.75) is 18.4 Å². The Kier molecular flexibility index (Phi) is 6.25. The minimum Gasteiger partial charge on any atom is -0.337 e. The highest BCUT2D eigenvalue weighted by molar-refractivity contribution is 7.92. The number of anilines is 1. The van der Waals surface area contributed by atoms with Crippen LogP contribution in [0.3, 0.4) is 0 Å². The average Bonchev–Trinajstić information content (AvgIpc) is 2.69. The van der Waals surface area contributed by atoms with Crippen LogP contribution in [0.25, 0.3) is 0 Å². The lowest BCUT2D eigenvalue weighted by molar-refractivity contribution is 0.0785. The van der Waals surface area contributed by atoms with Gasteiger partial charge in [-0.15, -0.1) is 0 Å². The largest absolute Gasteiger partial charge is 0.337 e. The molecule has 150 valence electrons. The molecule has 0 bridgehead atoms. The van der Waals surface area contributed by atoms with E-state index in [-0.39, 0.29) is 10.8 Å². The number of carbonyl (C=O) groups excluding carboxylic acids is 1. The molecule has 7 heteroatoms. The van der Waals surface area contributed by atoms with Crippen LogP contribution in [0.5, 0.6) is 0 Å². The standard InChI is InChI=1S/C22H21ClN2O3S/c1-16-6-3-4-9-21(16)24-29(27,28)20-12-10-18(11-13-20)22(26)25(2)15-17-7-5-8-19(23)14-17/h3-14,24H,15H2,1-2H3. The monoisotopic (exact) mass is 428 g/mol. The van der Waals surface area contributed by atoms with Crippen molar-refractivity contribution in [2.75, 3.05) is 11.8 Å². The van der Waals surface area contributed by atoms with Gasteiger partial charge < -0.3 is 4.90 Å². The normalized spacial score (nSPS) is 11.1. The van der Waals surface area contributed by atoms with E-state index in [2.05, 4.69) is 4.72 Å². The Hall–Kier alpha value is -2.83. The minimum atomic E-state index is -3.74. The maximum Gasteiger partial charge on any atom is 0.261 e. The van der Waals surface area contributed by atoms with Crippen LogP contribution in [-0.4, -0.2) is 26.3 Å². The van der Waals surface area contributed by atoms with Crippen LogP contribution in [0.15, 0.2) is 77.7 Å². The van der Waals surface area contributed by atoms with Gasteiger partial charge in [-0.2, -0.15) is 0 Å². The first-order valence-electron chi connectivity index (χ1n) is 8.95. The molecular formula is C22H21ClN2O3S. The van der Waals surface area contributed by atoms with Crippen LogP contribution in [0.2, 0.25) is 5.02 Å². The first-order valence-corrected chi connectivity index (χ1v) is 10.8. The van der Waals surface area contributed by atoms with Gasteiger partial charge in [0.1, 0.15) is 0 Å². The second-order valence-corrected chi connectivity index (χ2v) is 8.85. The number of sulfonamides is 1. The van der Waals surface area contributed by atoms with Crippen LogP contribution < -0.4 is 4.72 Å². The Morgan fingerprint density at radius 3 is 2.34 bits per heavy atom. The van der Waals surface area contributed by atoms with Crippen molar-refractivity contribution in [1.82, 2.24) is 4.90 Å². The summed E-state index contributed by atoms with van der Waals surface area (Å²) < 4.78 is 27.8. The fraction of sp³-hybridized carbons (Fsp3) is 0.136. The van der Waals surface area contributed by atoms with Gasteiger partial charge in [0.05, 0.1) is 10.6 Å². The van der Waals surface area contributed by atoms with Crippen molar-refractivity contribution >= 4 is 33.2 Å². The van der Waals surface area contributed by atoms with E-state index in [9.17, 15) is 13.2 Å². The van der Waals surface area contributed by atoms with E-state index >= 15 is 0 Å². The fourth-order valence-electron chi connectivity index (χ4n) is 2.87. The summed E-state index contributed by atoms with van der Waals surface area (Å²) in [5.74, 6) is -0.208. The lowest BCUT2D eigenvalue weighted by Crippen LogP contribution is -2.26. The molecule has 0 heterocycles. The highest BCUT2D eigenvalue weighted by Crippen LogP contribution is 2.20. The van der Waals surface area contributed by atoms with Crippen molar-refractivity contribution in [2.24, 2.45) is 0 Å². The topological polar surface area (TPSA) is 66.5 Å². The fourth-order valence-corrected chi connectivity index (χ4v) is 4.21. The molecule has 0 saturated carbocycles. The van der Waals surface area contributed by atoms with Gasteiger partial charge in [-0.05, 0) is 60.5 Å². The molecule has 0 fully saturated rings. The SMILES string of the molecule is Cc1ccccc1NS(=O)(=O)c1ccc(C(=O)N(C)Cc2cccc(Cl)c2)cc1. The van der Waals surface area contributed by atoms with Gasteiger partial charge in [-0.1, -0.05) is 41.9 Å². The van der Waals surface area contributed by atoms with Gasteiger partial charge in [0.25, 0.3) is 15.9 Å². The van der Waals surface area contributed by atoms with Crippen molar-refractivity contribution < 1.29 is 13.2 Å². The number of hydrogen-bond acceptors (Lipinski definition) is 3. The summed E-state index contributed by atoms with van der Waals surface area (Å²) in [6, 6.07) is 20.3. The smallest absolute Gasteiger partial charge is 0.261 e. The Morgan fingerprint density at radius 1 is 1.00 bits per heavy atom. The number of nitrogens with zero attached hydrogens (tertiary/aromatic N) is 1. The first kappa shape index (κ1) is 20.9. The molecule has 1 amide bonds. The molecule has 5 nitrogen and oxygen atoms in total. The number of para-hydroxylation sites is 1. The number of carbonyl (C=O) groups is 1. The van der Waals surface area contributed by atoms with E-state index < -0.39 is 10.0 Å². The zero-order chi connectivity index (χ0) is 21.0. The lowest BCUT2D eigenvalue weighted by Gasteiger charge is -2.18. The van der Waals surface area contributed by atoms with Gasteiger partial charge in [0, 0.05) is 24.2 Å². The van der Waals surface area contributed by atoms with Crippen LogP contribution >= 0.6 is 11.6 Å². The summed E-state index contributed by atoms with van der Waals surface area (Å²) in [5.41, 5.74) is 2.67. The van der Waals surface area contributed by atoms with E-state index in [0.29, 0.717) is 22.8 Å². The third-order valence-electron chi connectivity index (χ3n) is 4.46. The Labute approximate surface area is 176 Å². The van der Waals surface area contributed by atoms with Crippen molar-refractivity contribution in [1.29, 1.82) is 0 Å². The summed E-state index contributed by atoms with van der Waals surface area (Å²) >= 11 is 5.99. The molecule has 0 aliphatic rings. The highest BCUT2D eigenvalue weighted by Gasteiger charge is 2.17. The third kappa shape index (κ3) is 5.16. The maximum atomic E-state index is 12.7. The molecule has 3 rings (SSSR count). The molecule has 1 N–H and O–H groups in total. The molecule has 0 aliphatic carbocycles. The quantitative estimate of drug-likeness (QED) is 0.617. The van der Waals surface area contributed by atoms with Crippen molar-refractivity contribution in [3.63, 3.8) is 0 Å². The Morgan fingerprint density at radius 2 is 1.69 bits per heavy atom. The molecular weight excluding hydrogens is 408 g/mol. The number of hydrogen-bond donors (Lipinski definition) is 1. The Bertz CT molecular complexity index is 1130. The zero-order valence-electron chi connectivity index (χ0n) is 16.1. The van der Waals surface area contributed by atoms with Crippen LogP contribution in [0, 0.1) is 6.92 Å². The molecule has 0 unspecified atom stereocenters.